The van der Waals surface area contributed by atoms with Gasteiger partial charge < -0.3 is 19.6 Å². The fraction of sp³-hybridized carbons (Fsp3) is 0.545. The Hall–Kier alpha value is -1.38. The first-order chi connectivity index (χ1) is 9.06. The first kappa shape index (κ1) is 15.7. The maximum atomic E-state index is 11.2. The smallest absolute Gasteiger partial charge is 0.346 e. The number of aryl methyl sites for hydroxylation is 1. The predicted molar refractivity (Wildman–Crippen MR) is 70.0 cm³/mol. The minimum Gasteiger partial charge on any atom is -0.478 e. The third-order valence-corrected chi connectivity index (χ3v) is 3.14. The highest BCUT2D eigenvalue weighted by Gasteiger charge is 2.16. The third kappa shape index (κ3) is 5.01. The van der Waals surface area contributed by atoms with Gasteiger partial charge >= 0.3 is 11.7 Å². The van der Waals surface area contributed by atoms with Crippen LogP contribution in [0.4, 0.5) is 0 Å². The summed E-state index contributed by atoms with van der Waals surface area (Å²) in [5.41, 5.74) is -0.220. The van der Waals surface area contributed by atoms with Crippen molar-refractivity contribution in [3.63, 3.8) is 0 Å². The average molecular weight is 288 g/mol. The zero-order valence-electron chi connectivity index (χ0n) is 10.8. The molecule has 0 saturated heterocycles. The van der Waals surface area contributed by atoms with Crippen molar-refractivity contribution in [1.82, 2.24) is 9.97 Å². The zero-order chi connectivity index (χ0) is 14.3. The number of hydrogen-bond donors (Lipinski definition) is 2. The number of carboxylic acids is 1. The van der Waals surface area contributed by atoms with Crippen molar-refractivity contribution in [1.29, 1.82) is 0 Å². The molecule has 0 fully saturated rings. The van der Waals surface area contributed by atoms with Crippen LogP contribution in [0.3, 0.4) is 0 Å². The van der Waals surface area contributed by atoms with Gasteiger partial charge in [-0.05, 0) is 6.92 Å². The normalized spacial score (nSPS) is 10.6. The van der Waals surface area contributed by atoms with Gasteiger partial charge in [0.2, 0.25) is 0 Å². The summed E-state index contributed by atoms with van der Waals surface area (Å²) in [5, 5.41) is 9.30. The Bertz CT molecular complexity index is 488. The molecule has 1 aromatic rings. The van der Waals surface area contributed by atoms with Gasteiger partial charge in [-0.2, -0.15) is 4.98 Å². The molecule has 106 valence electrons. The van der Waals surface area contributed by atoms with Crippen LogP contribution in [0.25, 0.3) is 0 Å². The Labute approximate surface area is 114 Å². The number of carbonyl (C=O) groups is 1. The van der Waals surface area contributed by atoms with E-state index >= 15 is 0 Å². The van der Waals surface area contributed by atoms with E-state index in [1.807, 2.05) is 0 Å². The number of nitrogens with one attached hydrogen (secondary N) is 1. The number of methoxy groups -OCH3 is 1. The molecule has 0 aliphatic carbocycles. The Morgan fingerprint density at radius 3 is 2.79 bits per heavy atom. The van der Waals surface area contributed by atoms with E-state index in [9.17, 15) is 9.59 Å². The number of hydrogen-bond acceptors (Lipinski definition) is 6. The van der Waals surface area contributed by atoms with Gasteiger partial charge in [-0.3, -0.25) is 0 Å². The van der Waals surface area contributed by atoms with Crippen LogP contribution >= 0.6 is 11.8 Å². The summed E-state index contributed by atoms with van der Waals surface area (Å²) >= 11 is 1.18. The monoisotopic (exact) mass is 288 g/mol. The van der Waals surface area contributed by atoms with Crippen molar-refractivity contribution in [2.45, 2.75) is 11.9 Å². The topological polar surface area (TPSA) is 102 Å². The SMILES string of the molecule is COCCOCCSc1nc(=O)[nH]c(C)c1C(=O)O. The first-order valence-corrected chi connectivity index (χ1v) is 6.58. The van der Waals surface area contributed by atoms with Crippen LogP contribution in [0.5, 0.6) is 0 Å². The number of aromatic carboxylic acids is 1. The summed E-state index contributed by atoms with van der Waals surface area (Å²) in [5.74, 6) is -0.594. The van der Waals surface area contributed by atoms with Gasteiger partial charge in [-0.15, -0.1) is 11.8 Å². The number of aromatic amines is 1. The number of aromatic nitrogens is 2. The lowest BCUT2D eigenvalue weighted by molar-refractivity contribution is 0.0690. The van der Waals surface area contributed by atoms with Crippen molar-refractivity contribution < 1.29 is 19.4 Å². The predicted octanol–water partition coefficient (Wildman–Crippen LogP) is 0.532. The lowest BCUT2D eigenvalue weighted by Gasteiger charge is -2.07. The van der Waals surface area contributed by atoms with Crippen LogP contribution in [0, 0.1) is 6.92 Å². The zero-order valence-corrected chi connectivity index (χ0v) is 11.6. The molecule has 1 heterocycles. The van der Waals surface area contributed by atoms with Crippen LogP contribution < -0.4 is 5.69 Å². The lowest BCUT2D eigenvalue weighted by atomic mass is 10.2. The third-order valence-electron chi connectivity index (χ3n) is 2.20. The summed E-state index contributed by atoms with van der Waals surface area (Å²) < 4.78 is 10.1. The van der Waals surface area contributed by atoms with Crippen molar-refractivity contribution in [3.8, 4) is 0 Å². The Morgan fingerprint density at radius 2 is 2.16 bits per heavy atom. The van der Waals surface area contributed by atoms with Gasteiger partial charge in [0.15, 0.2) is 0 Å². The van der Waals surface area contributed by atoms with E-state index in [0.717, 1.165) is 0 Å². The summed E-state index contributed by atoms with van der Waals surface area (Å²) in [6, 6.07) is 0. The van der Waals surface area contributed by atoms with Gasteiger partial charge in [0.1, 0.15) is 10.6 Å². The largest absolute Gasteiger partial charge is 0.478 e. The number of thioether (sulfide) groups is 1. The molecule has 0 aliphatic heterocycles. The molecule has 1 aromatic heterocycles. The molecular weight excluding hydrogens is 272 g/mol. The van der Waals surface area contributed by atoms with Crippen LogP contribution in [0.1, 0.15) is 16.1 Å². The average Bonchev–Trinajstić information content (AvgIpc) is 2.32. The van der Waals surface area contributed by atoms with Gasteiger partial charge in [0, 0.05) is 18.6 Å². The Balaban J connectivity index is 2.62. The maximum Gasteiger partial charge on any atom is 0.346 e. The van der Waals surface area contributed by atoms with E-state index < -0.39 is 11.7 Å². The molecule has 0 atom stereocenters. The quantitative estimate of drug-likeness (QED) is 0.409. The van der Waals surface area contributed by atoms with Crippen LogP contribution in [-0.2, 0) is 9.47 Å². The highest BCUT2D eigenvalue weighted by Crippen LogP contribution is 2.20. The summed E-state index contributed by atoms with van der Waals surface area (Å²) in [7, 11) is 1.58. The molecule has 2 N–H and O–H groups in total. The van der Waals surface area contributed by atoms with Gasteiger partial charge in [-0.1, -0.05) is 0 Å². The number of H-pyrrole nitrogens is 1. The summed E-state index contributed by atoms with van der Waals surface area (Å²) in [4.78, 5) is 28.4. The highest BCUT2D eigenvalue weighted by atomic mass is 32.2. The molecule has 7 nitrogen and oxygen atoms in total. The lowest BCUT2D eigenvalue weighted by Crippen LogP contribution is -2.18. The summed E-state index contributed by atoms with van der Waals surface area (Å²) in [6.07, 6.45) is 0. The molecule has 1 rings (SSSR count). The van der Waals surface area contributed by atoms with Crippen LogP contribution in [0.15, 0.2) is 9.82 Å². The van der Waals surface area contributed by atoms with Gasteiger partial charge in [-0.25, -0.2) is 9.59 Å². The van der Waals surface area contributed by atoms with E-state index in [0.29, 0.717) is 31.3 Å². The van der Waals surface area contributed by atoms with Crippen molar-refractivity contribution in [3.05, 3.63) is 21.7 Å². The highest BCUT2D eigenvalue weighted by molar-refractivity contribution is 7.99. The Morgan fingerprint density at radius 1 is 1.42 bits per heavy atom. The molecule has 0 aliphatic rings. The number of rotatable bonds is 8. The second-order valence-electron chi connectivity index (χ2n) is 3.61. The van der Waals surface area contributed by atoms with E-state index in [1.54, 1.807) is 7.11 Å². The minimum atomic E-state index is -1.11. The number of ether oxygens (including phenoxy) is 2. The molecule has 8 heteroatoms. The number of nitrogens with zero attached hydrogens (tertiary/aromatic N) is 1. The van der Waals surface area contributed by atoms with Crippen LogP contribution in [-0.4, -0.2) is 53.7 Å². The molecule has 0 spiro atoms. The van der Waals surface area contributed by atoms with E-state index in [-0.39, 0.29) is 10.6 Å². The molecule has 19 heavy (non-hydrogen) atoms. The second kappa shape index (κ2) is 7.93. The minimum absolute atomic E-state index is 0.0292. The molecule has 0 unspecified atom stereocenters. The van der Waals surface area contributed by atoms with Crippen molar-refractivity contribution in [2.75, 3.05) is 32.7 Å². The fourth-order valence-electron chi connectivity index (χ4n) is 1.36. The van der Waals surface area contributed by atoms with E-state index in [2.05, 4.69) is 9.97 Å². The van der Waals surface area contributed by atoms with Crippen LogP contribution in [0.2, 0.25) is 0 Å². The van der Waals surface area contributed by atoms with Gasteiger partial charge in [0.25, 0.3) is 0 Å². The fourth-order valence-corrected chi connectivity index (χ4v) is 2.28. The molecule has 0 saturated carbocycles. The van der Waals surface area contributed by atoms with E-state index in [4.69, 9.17) is 14.6 Å². The van der Waals surface area contributed by atoms with Crippen molar-refractivity contribution >= 4 is 17.7 Å². The molecule has 0 radical (unpaired) electrons. The Kier molecular flexibility index (Phi) is 6.54. The first-order valence-electron chi connectivity index (χ1n) is 5.60. The molecule has 0 amide bonds. The summed E-state index contributed by atoms with van der Waals surface area (Å²) in [6.45, 7) is 2.95. The number of carboxylic acid groups (broad SMARTS) is 1. The molecule has 0 bridgehead atoms. The molecule has 0 aromatic carbocycles. The maximum absolute atomic E-state index is 11.2. The standard InChI is InChI=1S/C11H16N2O5S/c1-7-8(10(14)15)9(13-11(16)12-7)19-6-5-18-4-3-17-2/h3-6H2,1-2H3,(H,14,15)(H,12,13,16). The molecular formula is C11H16N2O5S. The van der Waals surface area contributed by atoms with Crippen molar-refractivity contribution in [2.24, 2.45) is 0 Å². The van der Waals surface area contributed by atoms with Gasteiger partial charge in [0.05, 0.1) is 19.8 Å². The van der Waals surface area contributed by atoms with E-state index in [1.165, 1.54) is 18.7 Å². The second-order valence-corrected chi connectivity index (χ2v) is 4.69.